The molecular formula is C12H18N2O. The van der Waals surface area contributed by atoms with E-state index in [1.54, 1.807) is 7.11 Å². The van der Waals surface area contributed by atoms with Crippen molar-refractivity contribution in [3.8, 4) is 0 Å². The van der Waals surface area contributed by atoms with Crippen LogP contribution in [0, 0.1) is 13.8 Å². The summed E-state index contributed by atoms with van der Waals surface area (Å²) in [6.45, 7) is 6.83. The predicted molar refractivity (Wildman–Crippen MR) is 64.5 cm³/mol. The standard InChI is InChI=1S/C12H18N2O/c1-9-6-5-7-10(2)12(9)13-8-11(3)14-15-4/h5-7,13H,8H2,1-4H3. The Morgan fingerprint density at radius 1 is 1.33 bits per heavy atom. The number of para-hydroxylation sites is 1. The molecule has 0 fully saturated rings. The fraction of sp³-hybridized carbons (Fsp3) is 0.417. The van der Waals surface area contributed by atoms with Crippen molar-refractivity contribution < 1.29 is 4.84 Å². The lowest BCUT2D eigenvalue weighted by Crippen LogP contribution is -2.12. The van der Waals surface area contributed by atoms with E-state index < -0.39 is 0 Å². The van der Waals surface area contributed by atoms with Gasteiger partial charge in [-0.3, -0.25) is 0 Å². The van der Waals surface area contributed by atoms with Gasteiger partial charge < -0.3 is 10.2 Å². The third kappa shape index (κ3) is 3.27. The van der Waals surface area contributed by atoms with Crippen molar-refractivity contribution in [1.82, 2.24) is 0 Å². The Bertz CT molecular complexity index is 338. The summed E-state index contributed by atoms with van der Waals surface area (Å²) in [5.74, 6) is 0. The van der Waals surface area contributed by atoms with Crippen molar-refractivity contribution in [1.29, 1.82) is 0 Å². The lowest BCUT2D eigenvalue weighted by Gasteiger charge is -2.11. The van der Waals surface area contributed by atoms with E-state index in [1.165, 1.54) is 16.8 Å². The maximum absolute atomic E-state index is 4.70. The fourth-order valence-electron chi connectivity index (χ4n) is 1.50. The summed E-state index contributed by atoms with van der Waals surface area (Å²) >= 11 is 0. The highest BCUT2D eigenvalue weighted by atomic mass is 16.6. The van der Waals surface area contributed by atoms with Gasteiger partial charge in [-0.1, -0.05) is 23.4 Å². The van der Waals surface area contributed by atoms with Gasteiger partial charge in [-0.05, 0) is 31.9 Å². The van der Waals surface area contributed by atoms with E-state index in [9.17, 15) is 0 Å². The number of hydrogen-bond donors (Lipinski definition) is 1. The molecule has 1 aromatic rings. The Labute approximate surface area is 91.1 Å². The van der Waals surface area contributed by atoms with Crippen LogP contribution in [0.15, 0.2) is 23.4 Å². The van der Waals surface area contributed by atoms with Crippen molar-refractivity contribution in [2.75, 3.05) is 19.0 Å². The van der Waals surface area contributed by atoms with Gasteiger partial charge in [0, 0.05) is 5.69 Å². The average molecular weight is 206 g/mol. The topological polar surface area (TPSA) is 33.6 Å². The molecule has 0 aliphatic rings. The highest BCUT2D eigenvalue weighted by Gasteiger charge is 2.01. The fourth-order valence-corrected chi connectivity index (χ4v) is 1.50. The Morgan fingerprint density at radius 3 is 2.47 bits per heavy atom. The highest BCUT2D eigenvalue weighted by Crippen LogP contribution is 2.18. The third-order valence-electron chi connectivity index (χ3n) is 2.25. The average Bonchev–Trinajstić information content (AvgIpc) is 2.17. The van der Waals surface area contributed by atoms with Gasteiger partial charge in [0.25, 0.3) is 0 Å². The van der Waals surface area contributed by atoms with E-state index in [0.29, 0.717) is 6.54 Å². The Kier molecular flexibility index (Phi) is 4.16. The van der Waals surface area contributed by atoms with Crippen LogP contribution in [-0.2, 0) is 4.84 Å². The van der Waals surface area contributed by atoms with E-state index in [1.807, 2.05) is 6.92 Å². The summed E-state index contributed by atoms with van der Waals surface area (Å²) < 4.78 is 0. The van der Waals surface area contributed by atoms with Crippen LogP contribution in [0.25, 0.3) is 0 Å². The van der Waals surface area contributed by atoms with Crippen LogP contribution in [0.2, 0.25) is 0 Å². The molecule has 1 aromatic carbocycles. The van der Waals surface area contributed by atoms with Crippen LogP contribution in [0.4, 0.5) is 5.69 Å². The molecule has 0 aliphatic heterocycles. The highest BCUT2D eigenvalue weighted by molar-refractivity contribution is 5.86. The first-order chi connectivity index (χ1) is 7.15. The molecule has 0 heterocycles. The summed E-state index contributed by atoms with van der Waals surface area (Å²) in [6.07, 6.45) is 0. The van der Waals surface area contributed by atoms with Gasteiger partial charge in [0.15, 0.2) is 0 Å². The molecule has 0 atom stereocenters. The molecule has 82 valence electrons. The maximum atomic E-state index is 4.70. The molecule has 0 aromatic heterocycles. The van der Waals surface area contributed by atoms with Crippen molar-refractivity contribution >= 4 is 11.4 Å². The van der Waals surface area contributed by atoms with Crippen LogP contribution in [0.5, 0.6) is 0 Å². The lowest BCUT2D eigenvalue weighted by molar-refractivity contribution is 0.213. The zero-order valence-corrected chi connectivity index (χ0v) is 9.79. The second kappa shape index (κ2) is 5.39. The summed E-state index contributed by atoms with van der Waals surface area (Å²) in [5.41, 5.74) is 4.61. The van der Waals surface area contributed by atoms with Gasteiger partial charge >= 0.3 is 0 Å². The second-order valence-corrected chi connectivity index (χ2v) is 3.63. The minimum Gasteiger partial charge on any atom is -0.399 e. The predicted octanol–water partition coefficient (Wildman–Crippen LogP) is 2.74. The summed E-state index contributed by atoms with van der Waals surface area (Å²) in [4.78, 5) is 4.70. The number of nitrogens with one attached hydrogen (secondary N) is 1. The van der Waals surface area contributed by atoms with E-state index in [-0.39, 0.29) is 0 Å². The Morgan fingerprint density at radius 2 is 1.93 bits per heavy atom. The molecule has 3 nitrogen and oxygen atoms in total. The molecule has 3 heteroatoms. The zero-order valence-electron chi connectivity index (χ0n) is 9.79. The molecular weight excluding hydrogens is 188 g/mol. The van der Waals surface area contributed by atoms with E-state index in [2.05, 4.69) is 42.5 Å². The Hall–Kier alpha value is -1.51. The largest absolute Gasteiger partial charge is 0.399 e. The number of anilines is 1. The van der Waals surface area contributed by atoms with Gasteiger partial charge in [0.2, 0.25) is 0 Å². The first-order valence-electron chi connectivity index (χ1n) is 5.02. The van der Waals surface area contributed by atoms with Crippen LogP contribution in [-0.4, -0.2) is 19.4 Å². The van der Waals surface area contributed by atoms with Crippen molar-refractivity contribution in [3.05, 3.63) is 29.3 Å². The molecule has 0 spiro atoms. The number of rotatable bonds is 4. The molecule has 15 heavy (non-hydrogen) atoms. The van der Waals surface area contributed by atoms with Crippen molar-refractivity contribution in [3.63, 3.8) is 0 Å². The normalized spacial score (nSPS) is 11.3. The Balaban J connectivity index is 2.69. The smallest absolute Gasteiger partial charge is 0.106 e. The molecule has 1 rings (SSSR count). The summed E-state index contributed by atoms with van der Waals surface area (Å²) in [7, 11) is 1.56. The first kappa shape index (κ1) is 11.6. The van der Waals surface area contributed by atoms with Crippen LogP contribution in [0.1, 0.15) is 18.1 Å². The SMILES string of the molecule is CON=C(C)CNc1c(C)cccc1C. The van der Waals surface area contributed by atoms with E-state index >= 15 is 0 Å². The second-order valence-electron chi connectivity index (χ2n) is 3.63. The maximum Gasteiger partial charge on any atom is 0.106 e. The summed E-state index contributed by atoms with van der Waals surface area (Å²) in [6, 6.07) is 6.25. The number of hydrogen-bond acceptors (Lipinski definition) is 3. The van der Waals surface area contributed by atoms with E-state index in [4.69, 9.17) is 4.84 Å². The number of benzene rings is 1. The van der Waals surface area contributed by atoms with Gasteiger partial charge in [-0.15, -0.1) is 0 Å². The molecule has 0 bridgehead atoms. The van der Waals surface area contributed by atoms with Crippen LogP contribution >= 0.6 is 0 Å². The monoisotopic (exact) mass is 206 g/mol. The number of aryl methyl sites for hydroxylation is 2. The molecule has 0 unspecified atom stereocenters. The molecule has 0 aliphatic carbocycles. The summed E-state index contributed by atoms with van der Waals surface area (Å²) in [5, 5.41) is 7.21. The van der Waals surface area contributed by atoms with Gasteiger partial charge in [-0.25, -0.2) is 0 Å². The van der Waals surface area contributed by atoms with Gasteiger partial charge in [0.05, 0.1) is 12.3 Å². The minimum absolute atomic E-state index is 0.708. The number of nitrogens with zero attached hydrogens (tertiary/aromatic N) is 1. The van der Waals surface area contributed by atoms with Crippen LogP contribution < -0.4 is 5.32 Å². The molecule has 0 amide bonds. The van der Waals surface area contributed by atoms with Crippen LogP contribution in [0.3, 0.4) is 0 Å². The van der Waals surface area contributed by atoms with Crippen molar-refractivity contribution in [2.45, 2.75) is 20.8 Å². The van der Waals surface area contributed by atoms with E-state index in [0.717, 1.165) is 5.71 Å². The first-order valence-corrected chi connectivity index (χ1v) is 5.02. The molecule has 1 N–H and O–H groups in total. The number of oxime groups is 1. The lowest BCUT2D eigenvalue weighted by atomic mass is 10.1. The minimum atomic E-state index is 0.708. The zero-order chi connectivity index (χ0) is 11.3. The van der Waals surface area contributed by atoms with Gasteiger partial charge in [0.1, 0.15) is 7.11 Å². The third-order valence-corrected chi connectivity index (χ3v) is 2.25. The van der Waals surface area contributed by atoms with Crippen molar-refractivity contribution in [2.24, 2.45) is 5.16 Å². The molecule has 0 radical (unpaired) electrons. The molecule has 0 saturated carbocycles. The van der Waals surface area contributed by atoms with Gasteiger partial charge in [-0.2, -0.15) is 0 Å². The molecule has 0 saturated heterocycles. The quantitative estimate of drug-likeness (QED) is 0.607.